The summed E-state index contributed by atoms with van der Waals surface area (Å²) in [6.45, 7) is 2.25. The zero-order chi connectivity index (χ0) is 15.9. The Balaban J connectivity index is 1.65. The molecule has 0 bridgehead atoms. The Hall–Kier alpha value is -2.25. The topological polar surface area (TPSA) is 64.9 Å². The largest absolute Gasteiger partial charge is 0.378 e. The molecule has 0 aliphatic carbocycles. The van der Waals surface area contributed by atoms with Gasteiger partial charge in [0.25, 0.3) is 0 Å². The van der Waals surface area contributed by atoms with E-state index >= 15 is 0 Å². The molecular weight excluding hydrogens is 310 g/mol. The molecule has 3 heterocycles. The van der Waals surface area contributed by atoms with Crippen LogP contribution in [0.25, 0.3) is 10.7 Å². The van der Waals surface area contributed by atoms with E-state index in [0.717, 1.165) is 41.7 Å². The molecule has 120 valence electrons. The van der Waals surface area contributed by atoms with Gasteiger partial charge in [-0.25, -0.2) is 15.0 Å². The first-order valence-electron chi connectivity index (χ1n) is 7.45. The van der Waals surface area contributed by atoms with Crippen LogP contribution in [0.3, 0.4) is 0 Å². The van der Waals surface area contributed by atoms with Gasteiger partial charge < -0.3 is 14.6 Å². The van der Waals surface area contributed by atoms with Gasteiger partial charge in [0.15, 0.2) is 5.82 Å². The maximum absolute atomic E-state index is 5.20. The van der Waals surface area contributed by atoms with Crippen LogP contribution in [-0.2, 0) is 17.9 Å². The number of methoxy groups -OCH3 is 1. The highest BCUT2D eigenvalue weighted by atomic mass is 32.1. The van der Waals surface area contributed by atoms with Crippen LogP contribution in [0.15, 0.2) is 42.3 Å². The predicted molar refractivity (Wildman–Crippen MR) is 91.4 cm³/mol. The third kappa shape index (κ3) is 4.37. The Labute approximate surface area is 139 Å². The zero-order valence-corrected chi connectivity index (χ0v) is 13.8. The van der Waals surface area contributed by atoms with E-state index in [2.05, 4.69) is 24.8 Å². The summed E-state index contributed by atoms with van der Waals surface area (Å²) < 4.78 is 7.27. The van der Waals surface area contributed by atoms with Crippen molar-refractivity contribution in [2.75, 3.05) is 19.0 Å². The molecule has 7 heteroatoms. The smallest absolute Gasteiger partial charge is 0.171 e. The molecule has 1 N–H and O–H groups in total. The Bertz CT molecular complexity index is 712. The van der Waals surface area contributed by atoms with E-state index < -0.39 is 0 Å². The zero-order valence-electron chi connectivity index (χ0n) is 13.0. The molecule has 0 radical (unpaired) electrons. The first-order chi connectivity index (χ1) is 11.3. The number of imidazole rings is 1. The number of hydrogen-bond acceptors (Lipinski definition) is 6. The van der Waals surface area contributed by atoms with Crippen LogP contribution in [0.2, 0.25) is 0 Å². The lowest BCUT2D eigenvalue weighted by Gasteiger charge is -2.09. The summed E-state index contributed by atoms with van der Waals surface area (Å²) in [7, 11) is 1.67. The lowest BCUT2D eigenvalue weighted by atomic mass is 10.3. The molecule has 0 aromatic carbocycles. The molecule has 0 unspecified atom stereocenters. The highest BCUT2D eigenvalue weighted by Crippen LogP contribution is 2.23. The first kappa shape index (κ1) is 15.6. The fourth-order valence-corrected chi connectivity index (χ4v) is 2.88. The van der Waals surface area contributed by atoms with Gasteiger partial charge in [-0.1, -0.05) is 6.07 Å². The van der Waals surface area contributed by atoms with Crippen LogP contribution >= 0.6 is 11.3 Å². The number of hydrogen-bond donors (Lipinski definition) is 1. The van der Waals surface area contributed by atoms with Gasteiger partial charge in [0, 0.05) is 38.7 Å². The van der Waals surface area contributed by atoms with Crippen molar-refractivity contribution in [3.8, 4) is 10.7 Å². The van der Waals surface area contributed by atoms with E-state index in [4.69, 9.17) is 4.74 Å². The maximum atomic E-state index is 5.20. The molecule has 3 aromatic rings. The van der Waals surface area contributed by atoms with Crippen molar-refractivity contribution in [3.63, 3.8) is 0 Å². The van der Waals surface area contributed by atoms with Crippen molar-refractivity contribution in [2.45, 2.75) is 19.6 Å². The molecule has 0 aliphatic heterocycles. The molecule has 0 atom stereocenters. The minimum Gasteiger partial charge on any atom is -0.378 e. The van der Waals surface area contributed by atoms with E-state index in [0.29, 0.717) is 6.61 Å². The number of thiophene rings is 1. The van der Waals surface area contributed by atoms with Gasteiger partial charge in [-0.15, -0.1) is 11.3 Å². The Kier molecular flexibility index (Phi) is 5.33. The average molecular weight is 329 g/mol. The summed E-state index contributed by atoms with van der Waals surface area (Å²) in [5, 5.41) is 5.40. The number of aromatic nitrogens is 4. The second-order valence-electron chi connectivity index (χ2n) is 5.06. The van der Waals surface area contributed by atoms with Gasteiger partial charge in [-0.05, 0) is 17.9 Å². The number of aryl methyl sites for hydroxylation is 1. The molecule has 0 spiro atoms. The molecule has 3 rings (SSSR count). The molecule has 0 saturated heterocycles. The molecular formula is C16H19N5OS. The summed E-state index contributed by atoms with van der Waals surface area (Å²) >= 11 is 1.63. The standard InChI is InChI=1S/C16H19N5OS/c1-22-11-13-10-15(18-5-3-7-21-8-6-17-12-21)20-16(19-13)14-4-2-9-23-14/h2,4,6,8-10,12H,3,5,7,11H2,1H3,(H,18,19,20). The van der Waals surface area contributed by atoms with Crippen LogP contribution in [0.5, 0.6) is 0 Å². The Morgan fingerprint density at radius 2 is 2.30 bits per heavy atom. The number of nitrogens with zero attached hydrogens (tertiary/aromatic N) is 4. The summed E-state index contributed by atoms with van der Waals surface area (Å²) in [6.07, 6.45) is 6.59. The second kappa shape index (κ2) is 7.85. The Morgan fingerprint density at radius 3 is 3.04 bits per heavy atom. The lowest BCUT2D eigenvalue weighted by molar-refractivity contribution is 0.181. The number of ether oxygens (including phenoxy) is 1. The molecule has 3 aromatic heterocycles. The quantitative estimate of drug-likeness (QED) is 0.644. The van der Waals surface area contributed by atoms with Gasteiger partial charge in [0.2, 0.25) is 0 Å². The minimum atomic E-state index is 0.477. The van der Waals surface area contributed by atoms with E-state index in [1.807, 2.05) is 36.1 Å². The van der Waals surface area contributed by atoms with Crippen molar-refractivity contribution >= 4 is 17.2 Å². The summed E-state index contributed by atoms with van der Waals surface area (Å²) in [6, 6.07) is 5.97. The van der Waals surface area contributed by atoms with Crippen molar-refractivity contribution < 1.29 is 4.74 Å². The minimum absolute atomic E-state index is 0.477. The SMILES string of the molecule is COCc1cc(NCCCn2ccnc2)nc(-c2cccs2)n1. The summed E-state index contributed by atoms with van der Waals surface area (Å²) in [4.78, 5) is 14.3. The van der Waals surface area contributed by atoms with Crippen LogP contribution in [0.4, 0.5) is 5.82 Å². The van der Waals surface area contributed by atoms with Gasteiger partial charge >= 0.3 is 0 Å². The Morgan fingerprint density at radius 1 is 1.35 bits per heavy atom. The van der Waals surface area contributed by atoms with Gasteiger partial charge in [-0.3, -0.25) is 0 Å². The van der Waals surface area contributed by atoms with Gasteiger partial charge in [0.05, 0.1) is 23.5 Å². The van der Waals surface area contributed by atoms with E-state index in [1.165, 1.54) is 0 Å². The lowest BCUT2D eigenvalue weighted by Crippen LogP contribution is -2.09. The first-order valence-corrected chi connectivity index (χ1v) is 8.33. The highest BCUT2D eigenvalue weighted by molar-refractivity contribution is 7.13. The molecule has 23 heavy (non-hydrogen) atoms. The van der Waals surface area contributed by atoms with Crippen LogP contribution < -0.4 is 5.32 Å². The second-order valence-corrected chi connectivity index (χ2v) is 6.01. The van der Waals surface area contributed by atoms with Crippen molar-refractivity contribution in [1.82, 2.24) is 19.5 Å². The number of nitrogens with one attached hydrogen (secondary N) is 1. The van der Waals surface area contributed by atoms with Crippen LogP contribution in [-0.4, -0.2) is 33.2 Å². The van der Waals surface area contributed by atoms with Gasteiger partial charge in [0.1, 0.15) is 5.82 Å². The van der Waals surface area contributed by atoms with Gasteiger partial charge in [-0.2, -0.15) is 0 Å². The average Bonchev–Trinajstić information content (AvgIpc) is 3.25. The van der Waals surface area contributed by atoms with Crippen molar-refractivity contribution in [2.24, 2.45) is 0 Å². The molecule has 0 amide bonds. The number of anilines is 1. The van der Waals surface area contributed by atoms with Crippen LogP contribution in [0, 0.1) is 0 Å². The maximum Gasteiger partial charge on any atom is 0.171 e. The highest BCUT2D eigenvalue weighted by Gasteiger charge is 2.07. The fraction of sp³-hybridized carbons (Fsp3) is 0.312. The van der Waals surface area contributed by atoms with Crippen molar-refractivity contribution in [1.29, 1.82) is 0 Å². The summed E-state index contributed by atoms with van der Waals surface area (Å²) in [5.41, 5.74) is 0.878. The van der Waals surface area contributed by atoms with Crippen molar-refractivity contribution in [3.05, 3.63) is 48.0 Å². The monoisotopic (exact) mass is 329 g/mol. The third-order valence-corrected chi connectivity index (χ3v) is 4.14. The predicted octanol–water partition coefficient (Wildman–Crippen LogP) is 3.05. The van der Waals surface area contributed by atoms with E-state index in [-0.39, 0.29) is 0 Å². The molecule has 0 aliphatic rings. The number of rotatable bonds is 8. The molecule has 6 nitrogen and oxygen atoms in total. The normalized spacial score (nSPS) is 10.8. The fourth-order valence-electron chi connectivity index (χ4n) is 2.22. The van der Waals surface area contributed by atoms with E-state index in [9.17, 15) is 0 Å². The summed E-state index contributed by atoms with van der Waals surface area (Å²) in [5.74, 6) is 1.58. The molecule has 0 fully saturated rings. The molecule has 0 saturated carbocycles. The van der Waals surface area contributed by atoms with Crippen LogP contribution in [0.1, 0.15) is 12.1 Å². The third-order valence-electron chi connectivity index (χ3n) is 3.27. The van der Waals surface area contributed by atoms with E-state index in [1.54, 1.807) is 24.6 Å².